The molecule has 8 nitrogen and oxygen atoms in total. The number of nitrogens with one attached hydrogen (secondary N) is 1. The van der Waals surface area contributed by atoms with E-state index in [9.17, 15) is 18.0 Å². The van der Waals surface area contributed by atoms with Gasteiger partial charge in [0.05, 0.1) is 37.6 Å². The number of aryl methyl sites for hydroxylation is 2. The largest absolute Gasteiger partial charge is 0.455 e. The van der Waals surface area contributed by atoms with Crippen LogP contribution in [0, 0.1) is 0 Å². The summed E-state index contributed by atoms with van der Waals surface area (Å²) in [7, 11) is 0. The molecule has 5 rings (SSSR count). The quantitative estimate of drug-likeness (QED) is 0.588. The average molecular weight is 476 g/mol. The molecule has 11 heteroatoms. The van der Waals surface area contributed by atoms with Crippen molar-refractivity contribution in [3.05, 3.63) is 58.9 Å². The van der Waals surface area contributed by atoms with Gasteiger partial charge in [-0.3, -0.25) is 14.5 Å². The van der Waals surface area contributed by atoms with E-state index in [0.717, 1.165) is 5.56 Å². The molecule has 0 spiro atoms. The molecule has 1 aliphatic heterocycles. The Bertz CT molecular complexity index is 1170. The monoisotopic (exact) mass is 476 g/mol. The number of carbonyl (C=O) groups excluding carboxylic acids is 1. The molecule has 1 amide bonds. The second-order valence-electron chi connectivity index (χ2n) is 8.26. The van der Waals surface area contributed by atoms with E-state index in [0.29, 0.717) is 44.8 Å². The van der Waals surface area contributed by atoms with Gasteiger partial charge in [-0.25, -0.2) is 0 Å². The highest BCUT2D eigenvalue weighted by molar-refractivity contribution is 5.96. The fourth-order valence-electron chi connectivity index (χ4n) is 4.33. The molecule has 1 N–H and O–H groups in total. The molecule has 1 saturated heterocycles. The Hall–Kier alpha value is -3.18. The van der Waals surface area contributed by atoms with Crippen molar-refractivity contribution >= 4 is 5.91 Å². The first-order valence-corrected chi connectivity index (χ1v) is 11.1. The van der Waals surface area contributed by atoms with Gasteiger partial charge in [0.15, 0.2) is 0 Å². The summed E-state index contributed by atoms with van der Waals surface area (Å²) in [4.78, 5) is 16.7. The Morgan fingerprint density at radius 1 is 1.26 bits per heavy atom. The number of pyridine rings is 1. The Balaban J connectivity index is 1.41. The Morgan fingerprint density at radius 2 is 2.15 bits per heavy atom. The zero-order valence-electron chi connectivity index (χ0n) is 18.2. The second-order valence-corrected chi connectivity index (χ2v) is 8.26. The summed E-state index contributed by atoms with van der Waals surface area (Å²) in [6.07, 6.45) is 1.14. The first kappa shape index (κ1) is 22.6. The van der Waals surface area contributed by atoms with Gasteiger partial charge in [-0.05, 0) is 30.0 Å². The van der Waals surface area contributed by atoms with Crippen molar-refractivity contribution in [2.24, 2.45) is 0 Å². The maximum absolute atomic E-state index is 14.2. The maximum atomic E-state index is 14.2. The zero-order chi connectivity index (χ0) is 23.7. The Labute approximate surface area is 193 Å². The number of amides is 1. The molecule has 0 bridgehead atoms. The smallest absolute Gasteiger partial charge is 0.420 e. The Morgan fingerprint density at radius 3 is 2.88 bits per heavy atom. The van der Waals surface area contributed by atoms with Crippen molar-refractivity contribution in [3.63, 3.8) is 0 Å². The summed E-state index contributed by atoms with van der Waals surface area (Å²) in [6, 6.07) is 3.58. The molecule has 2 aliphatic rings. The summed E-state index contributed by atoms with van der Waals surface area (Å²) < 4.78 is 60.6. The Kier molecular flexibility index (Phi) is 6.13. The third kappa shape index (κ3) is 4.58. The highest BCUT2D eigenvalue weighted by Crippen LogP contribution is 2.46. The molecule has 3 aromatic rings. The summed E-state index contributed by atoms with van der Waals surface area (Å²) >= 11 is 0. The number of hydrogen-bond acceptors (Lipinski definition) is 6. The minimum Gasteiger partial charge on any atom is -0.455 e. The van der Waals surface area contributed by atoms with Gasteiger partial charge in [0, 0.05) is 31.6 Å². The number of nitrogens with zero attached hydrogens (tertiary/aromatic N) is 3. The van der Waals surface area contributed by atoms with Crippen LogP contribution in [0.3, 0.4) is 0 Å². The van der Waals surface area contributed by atoms with Gasteiger partial charge < -0.3 is 19.2 Å². The van der Waals surface area contributed by atoms with E-state index < -0.39 is 23.4 Å². The molecular formula is C23H23F3N4O4. The average Bonchev–Trinajstić information content (AvgIpc) is 3.41. The van der Waals surface area contributed by atoms with E-state index >= 15 is 0 Å². The standard InChI is InChI=1S/C23H23F3N4O4/c24-23(25,26)19-18-17(34-21(19)22(31)28-7-5-14-2-1-6-27-10-14)4-3-15-11-30(29-20(15)18)12-16-13-32-8-9-33-16/h1-2,6,10-11,16H,3-5,7-9,12-13H2,(H,28,31). The number of halogens is 3. The predicted molar refractivity (Wildman–Crippen MR) is 113 cm³/mol. The van der Waals surface area contributed by atoms with Crippen LogP contribution >= 0.6 is 0 Å². The molecule has 1 unspecified atom stereocenters. The molecule has 34 heavy (non-hydrogen) atoms. The van der Waals surface area contributed by atoms with Crippen LogP contribution in [0.15, 0.2) is 35.1 Å². The van der Waals surface area contributed by atoms with Crippen molar-refractivity contribution in [1.82, 2.24) is 20.1 Å². The van der Waals surface area contributed by atoms with Gasteiger partial charge in [-0.15, -0.1) is 0 Å². The summed E-state index contributed by atoms with van der Waals surface area (Å²) in [5.41, 5.74) is 0.512. The number of fused-ring (bicyclic) bond motifs is 3. The first-order valence-electron chi connectivity index (χ1n) is 11.1. The molecule has 180 valence electrons. The van der Waals surface area contributed by atoms with Crippen molar-refractivity contribution in [2.45, 2.75) is 38.1 Å². The molecule has 0 aromatic carbocycles. The number of carbonyl (C=O) groups is 1. The van der Waals surface area contributed by atoms with E-state index in [-0.39, 0.29) is 36.1 Å². The van der Waals surface area contributed by atoms with Gasteiger partial charge in [0.25, 0.3) is 5.91 Å². The first-order chi connectivity index (χ1) is 16.4. The topological polar surface area (TPSA) is 91.4 Å². The zero-order valence-corrected chi connectivity index (χ0v) is 18.2. The molecule has 3 aromatic heterocycles. The van der Waals surface area contributed by atoms with Gasteiger partial charge >= 0.3 is 6.18 Å². The molecule has 1 aliphatic carbocycles. The number of aromatic nitrogens is 3. The lowest BCUT2D eigenvalue weighted by molar-refractivity contribution is -0.137. The lowest BCUT2D eigenvalue weighted by atomic mass is 9.93. The highest BCUT2D eigenvalue weighted by Gasteiger charge is 2.45. The van der Waals surface area contributed by atoms with Crippen LogP contribution in [0.1, 0.15) is 33.0 Å². The van der Waals surface area contributed by atoms with Crippen LogP contribution in [0.2, 0.25) is 0 Å². The van der Waals surface area contributed by atoms with Crippen molar-refractivity contribution in [2.75, 3.05) is 26.4 Å². The van der Waals surface area contributed by atoms with Crippen LogP contribution < -0.4 is 5.32 Å². The summed E-state index contributed by atoms with van der Waals surface area (Å²) in [5.74, 6) is -1.51. The van der Waals surface area contributed by atoms with Crippen LogP contribution in [0.4, 0.5) is 13.2 Å². The van der Waals surface area contributed by atoms with Gasteiger partial charge in [0.1, 0.15) is 17.4 Å². The van der Waals surface area contributed by atoms with Crippen LogP contribution in [-0.2, 0) is 41.5 Å². The molecule has 4 heterocycles. The van der Waals surface area contributed by atoms with E-state index in [1.807, 2.05) is 6.07 Å². The SMILES string of the molecule is O=C(NCCc1cccnc1)c1oc2c(c1C(F)(F)F)-c1nn(CC3COCCO3)cc1CC2. The van der Waals surface area contributed by atoms with Crippen LogP contribution in [0.5, 0.6) is 0 Å². The van der Waals surface area contributed by atoms with Gasteiger partial charge in [0.2, 0.25) is 5.76 Å². The normalized spacial score (nSPS) is 17.8. The lowest BCUT2D eigenvalue weighted by Crippen LogP contribution is -2.32. The summed E-state index contributed by atoms with van der Waals surface area (Å²) in [6.45, 7) is 1.90. The maximum Gasteiger partial charge on any atom is 0.420 e. The van der Waals surface area contributed by atoms with Gasteiger partial charge in [-0.1, -0.05) is 6.07 Å². The molecule has 1 atom stereocenters. The van der Waals surface area contributed by atoms with E-state index in [1.54, 1.807) is 29.3 Å². The van der Waals surface area contributed by atoms with E-state index in [4.69, 9.17) is 13.9 Å². The van der Waals surface area contributed by atoms with Crippen molar-refractivity contribution in [3.8, 4) is 11.3 Å². The molecule has 0 radical (unpaired) electrons. The third-order valence-electron chi connectivity index (χ3n) is 5.86. The lowest BCUT2D eigenvalue weighted by Gasteiger charge is -2.22. The van der Waals surface area contributed by atoms with E-state index in [1.165, 1.54) is 0 Å². The third-order valence-corrected chi connectivity index (χ3v) is 5.86. The molecular weight excluding hydrogens is 453 g/mol. The van der Waals surface area contributed by atoms with E-state index in [2.05, 4.69) is 15.4 Å². The fraction of sp³-hybridized carbons (Fsp3) is 0.435. The molecule has 1 fully saturated rings. The number of rotatable bonds is 6. The number of hydrogen-bond donors (Lipinski definition) is 1. The number of ether oxygens (including phenoxy) is 2. The molecule has 0 saturated carbocycles. The minimum atomic E-state index is -4.79. The van der Waals surface area contributed by atoms with Crippen molar-refractivity contribution < 1.29 is 31.9 Å². The number of furan rings is 1. The number of alkyl halides is 3. The van der Waals surface area contributed by atoms with Gasteiger partial charge in [-0.2, -0.15) is 18.3 Å². The predicted octanol–water partition coefficient (Wildman–Crippen LogP) is 3.04. The highest BCUT2D eigenvalue weighted by atomic mass is 19.4. The van der Waals surface area contributed by atoms with Crippen molar-refractivity contribution in [1.29, 1.82) is 0 Å². The minimum absolute atomic E-state index is 0.125. The van der Waals surface area contributed by atoms with Crippen LogP contribution in [-0.4, -0.2) is 53.1 Å². The van der Waals surface area contributed by atoms with Crippen LogP contribution in [0.25, 0.3) is 11.3 Å². The summed E-state index contributed by atoms with van der Waals surface area (Å²) in [5, 5.41) is 6.95. The fourth-order valence-corrected chi connectivity index (χ4v) is 4.33. The second kappa shape index (κ2) is 9.22.